The van der Waals surface area contributed by atoms with Crippen LogP contribution in [0.25, 0.3) is 0 Å². The summed E-state index contributed by atoms with van der Waals surface area (Å²) in [6, 6.07) is 0.468. The molecule has 1 amide bonds. The molecule has 0 saturated heterocycles. The van der Waals surface area contributed by atoms with Crippen molar-refractivity contribution >= 4 is 23.1 Å². The standard InChI is InChI=1S/C14H24N2OS/c1-2-3-10-16(11-6-7-11)13(17)14(12(15)18)8-4-5-9-14/h11H,2-10H2,1H3,(H2,15,18). The molecule has 2 fully saturated rings. The first-order chi connectivity index (χ1) is 8.62. The van der Waals surface area contributed by atoms with Crippen molar-refractivity contribution in [1.29, 1.82) is 0 Å². The Hall–Kier alpha value is -0.640. The second-order valence-corrected chi connectivity index (χ2v) is 6.18. The molecule has 0 radical (unpaired) electrons. The van der Waals surface area contributed by atoms with Gasteiger partial charge in [0.1, 0.15) is 0 Å². The van der Waals surface area contributed by atoms with Gasteiger partial charge in [0.2, 0.25) is 5.91 Å². The SMILES string of the molecule is CCCCN(C(=O)C1(C(N)=S)CCCC1)C1CC1. The van der Waals surface area contributed by atoms with E-state index >= 15 is 0 Å². The lowest BCUT2D eigenvalue weighted by atomic mass is 9.84. The summed E-state index contributed by atoms with van der Waals surface area (Å²) < 4.78 is 0. The lowest BCUT2D eigenvalue weighted by molar-refractivity contribution is -0.138. The van der Waals surface area contributed by atoms with Crippen LogP contribution in [-0.2, 0) is 4.79 Å². The highest BCUT2D eigenvalue weighted by Gasteiger charge is 2.48. The number of carbonyl (C=O) groups excluding carboxylic acids is 1. The number of amides is 1. The third-order valence-corrected chi connectivity index (χ3v) is 4.73. The van der Waals surface area contributed by atoms with E-state index in [0.717, 1.165) is 57.9 Å². The van der Waals surface area contributed by atoms with Crippen LogP contribution < -0.4 is 5.73 Å². The van der Waals surface area contributed by atoms with Crippen LogP contribution in [0.3, 0.4) is 0 Å². The number of thiocarbonyl (C=S) groups is 1. The van der Waals surface area contributed by atoms with Gasteiger partial charge in [0.25, 0.3) is 0 Å². The van der Waals surface area contributed by atoms with Crippen molar-refractivity contribution in [1.82, 2.24) is 4.90 Å². The fourth-order valence-corrected chi connectivity index (χ4v) is 3.28. The lowest BCUT2D eigenvalue weighted by Crippen LogP contribution is -2.50. The van der Waals surface area contributed by atoms with E-state index in [-0.39, 0.29) is 5.91 Å². The number of carbonyl (C=O) groups is 1. The fourth-order valence-electron chi connectivity index (χ4n) is 2.98. The lowest BCUT2D eigenvalue weighted by Gasteiger charge is -2.34. The highest BCUT2D eigenvalue weighted by Crippen LogP contribution is 2.42. The van der Waals surface area contributed by atoms with Crippen molar-refractivity contribution in [2.45, 2.75) is 64.3 Å². The summed E-state index contributed by atoms with van der Waals surface area (Å²) in [5.74, 6) is 0.225. The number of hydrogen-bond acceptors (Lipinski definition) is 2. The first-order valence-electron chi connectivity index (χ1n) is 7.23. The summed E-state index contributed by atoms with van der Waals surface area (Å²) in [6.07, 6.45) is 8.38. The van der Waals surface area contributed by atoms with Crippen molar-refractivity contribution in [3.63, 3.8) is 0 Å². The Morgan fingerprint density at radius 1 is 1.39 bits per heavy atom. The quantitative estimate of drug-likeness (QED) is 0.753. The summed E-state index contributed by atoms with van der Waals surface area (Å²) in [5, 5.41) is 0. The molecule has 0 atom stereocenters. The number of nitrogens with two attached hydrogens (primary N) is 1. The van der Waals surface area contributed by atoms with Crippen LogP contribution in [0.15, 0.2) is 0 Å². The Morgan fingerprint density at radius 2 is 2.00 bits per heavy atom. The van der Waals surface area contributed by atoms with Crippen LogP contribution in [0.1, 0.15) is 58.3 Å². The Bertz CT molecular complexity index is 333. The minimum absolute atomic E-state index is 0.225. The maximum absolute atomic E-state index is 12.9. The Morgan fingerprint density at radius 3 is 2.44 bits per heavy atom. The van der Waals surface area contributed by atoms with E-state index in [2.05, 4.69) is 11.8 Å². The van der Waals surface area contributed by atoms with Crippen LogP contribution >= 0.6 is 12.2 Å². The summed E-state index contributed by atoms with van der Waals surface area (Å²) in [4.78, 5) is 15.4. The molecule has 2 saturated carbocycles. The number of unbranched alkanes of at least 4 members (excludes halogenated alkanes) is 1. The average Bonchev–Trinajstić information content (AvgIpc) is 3.05. The number of rotatable bonds is 6. The van der Waals surface area contributed by atoms with E-state index in [1.165, 1.54) is 0 Å². The molecule has 0 unspecified atom stereocenters. The zero-order chi connectivity index (χ0) is 13.2. The van der Waals surface area contributed by atoms with E-state index in [9.17, 15) is 4.79 Å². The zero-order valence-corrected chi connectivity index (χ0v) is 12.1. The molecule has 0 aliphatic heterocycles. The van der Waals surface area contributed by atoms with E-state index in [4.69, 9.17) is 18.0 Å². The Labute approximate surface area is 115 Å². The maximum atomic E-state index is 12.9. The molecule has 4 heteroatoms. The molecule has 0 bridgehead atoms. The first kappa shape index (κ1) is 13.8. The zero-order valence-electron chi connectivity index (χ0n) is 11.3. The normalized spacial score (nSPS) is 21.8. The summed E-state index contributed by atoms with van der Waals surface area (Å²) in [7, 11) is 0. The predicted octanol–water partition coefficient (Wildman–Crippen LogP) is 2.62. The average molecular weight is 268 g/mol. The predicted molar refractivity (Wildman–Crippen MR) is 77.3 cm³/mol. The highest BCUT2D eigenvalue weighted by molar-refractivity contribution is 7.80. The molecule has 0 aromatic heterocycles. The fraction of sp³-hybridized carbons (Fsp3) is 0.857. The number of hydrogen-bond donors (Lipinski definition) is 1. The second-order valence-electron chi connectivity index (χ2n) is 5.74. The van der Waals surface area contributed by atoms with Crippen LogP contribution in [0.2, 0.25) is 0 Å². The molecule has 0 aromatic carbocycles. The second kappa shape index (κ2) is 5.55. The molecule has 2 aliphatic rings. The summed E-state index contributed by atoms with van der Waals surface area (Å²) in [6.45, 7) is 3.04. The van der Waals surface area contributed by atoms with Gasteiger partial charge in [-0.3, -0.25) is 4.79 Å². The van der Waals surface area contributed by atoms with Gasteiger partial charge in [-0.2, -0.15) is 0 Å². The molecule has 2 aliphatic carbocycles. The summed E-state index contributed by atoms with van der Waals surface area (Å²) >= 11 is 5.21. The van der Waals surface area contributed by atoms with Gasteiger partial charge in [0, 0.05) is 12.6 Å². The Kier molecular flexibility index (Phi) is 4.25. The van der Waals surface area contributed by atoms with Gasteiger partial charge in [-0.15, -0.1) is 0 Å². The van der Waals surface area contributed by atoms with E-state index < -0.39 is 5.41 Å². The largest absolute Gasteiger partial charge is 0.392 e. The number of nitrogens with zero attached hydrogens (tertiary/aromatic N) is 1. The van der Waals surface area contributed by atoms with Crippen molar-refractivity contribution in [2.24, 2.45) is 11.1 Å². The van der Waals surface area contributed by atoms with Crippen molar-refractivity contribution in [3.05, 3.63) is 0 Å². The maximum Gasteiger partial charge on any atom is 0.235 e. The van der Waals surface area contributed by atoms with Gasteiger partial charge >= 0.3 is 0 Å². The molecule has 3 nitrogen and oxygen atoms in total. The first-order valence-corrected chi connectivity index (χ1v) is 7.63. The summed E-state index contributed by atoms with van der Waals surface area (Å²) in [5.41, 5.74) is 5.40. The monoisotopic (exact) mass is 268 g/mol. The minimum atomic E-state index is -0.508. The van der Waals surface area contributed by atoms with Crippen molar-refractivity contribution < 1.29 is 4.79 Å². The van der Waals surface area contributed by atoms with E-state index in [0.29, 0.717) is 11.0 Å². The molecule has 0 aromatic rings. The molecule has 0 spiro atoms. The molecular weight excluding hydrogens is 244 g/mol. The Balaban J connectivity index is 2.12. The third kappa shape index (κ3) is 2.53. The van der Waals surface area contributed by atoms with Gasteiger partial charge in [-0.05, 0) is 32.1 Å². The molecule has 0 heterocycles. The van der Waals surface area contributed by atoms with Gasteiger partial charge in [0.15, 0.2) is 0 Å². The van der Waals surface area contributed by atoms with Gasteiger partial charge in [0.05, 0.1) is 10.4 Å². The molecule has 2 rings (SSSR count). The molecule has 2 N–H and O–H groups in total. The topological polar surface area (TPSA) is 46.3 Å². The highest BCUT2D eigenvalue weighted by atomic mass is 32.1. The van der Waals surface area contributed by atoms with E-state index in [1.54, 1.807) is 0 Å². The van der Waals surface area contributed by atoms with Gasteiger partial charge in [-0.25, -0.2) is 0 Å². The smallest absolute Gasteiger partial charge is 0.235 e. The minimum Gasteiger partial charge on any atom is -0.392 e. The van der Waals surface area contributed by atoms with Crippen LogP contribution in [0.4, 0.5) is 0 Å². The van der Waals surface area contributed by atoms with E-state index in [1.807, 2.05) is 0 Å². The van der Waals surface area contributed by atoms with Crippen LogP contribution in [0.5, 0.6) is 0 Å². The van der Waals surface area contributed by atoms with Crippen LogP contribution in [-0.4, -0.2) is 28.4 Å². The van der Waals surface area contributed by atoms with Crippen molar-refractivity contribution in [2.75, 3.05) is 6.54 Å². The molecular formula is C14H24N2OS. The van der Waals surface area contributed by atoms with Gasteiger partial charge < -0.3 is 10.6 Å². The van der Waals surface area contributed by atoms with Crippen LogP contribution in [0, 0.1) is 5.41 Å². The molecule has 102 valence electrons. The third-order valence-electron chi connectivity index (χ3n) is 4.34. The molecule has 18 heavy (non-hydrogen) atoms. The van der Waals surface area contributed by atoms with Gasteiger partial charge in [-0.1, -0.05) is 38.4 Å². The van der Waals surface area contributed by atoms with Crippen molar-refractivity contribution in [3.8, 4) is 0 Å².